The van der Waals surface area contributed by atoms with Gasteiger partial charge in [-0.05, 0) is 56.0 Å². The van der Waals surface area contributed by atoms with Crippen molar-refractivity contribution in [3.8, 4) is 11.5 Å². The van der Waals surface area contributed by atoms with E-state index in [1.165, 1.54) is 0 Å². The number of hydrogen-bond donors (Lipinski definition) is 1. The molecule has 162 valence electrons. The molecule has 1 atom stereocenters. The number of likely N-dealkylation sites (N-methyl/N-ethyl adjacent to an activating group) is 1. The lowest BCUT2D eigenvalue weighted by Crippen LogP contribution is -2.47. The summed E-state index contributed by atoms with van der Waals surface area (Å²) in [7, 11) is 3.18. The van der Waals surface area contributed by atoms with Gasteiger partial charge in [0.15, 0.2) is 11.5 Å². The lowest BCUT2D eigenvalue weighted by atomic mass is 10.1. The van der Waals surface area contributed by atoms with Gasteiger partial charge in [-0.2, -0.15) is 0 Å². The first-order valence-electron chi connectivity index (χ1n) is 10.2. The maximum absolute atomic E-state index is 13.1. The summed E-state index contributed by atoms with van der Waals surface area (Å²) in [5, 5.41) is 2.82. The van der Waals surface area contributed by atoms with E-state index in [0.717, 1.165) is 16.7 Å². The van der Waals surface area contributed by atoms with Gasteiger partial charge in [-0.15, -0.1) is 0 Å². The van der Waals surface area contributed by atoms with E-state index in [4.69, 9.17) is 9.47 Å². The van der Waals surface area contributed by atoms with Crippen LogP contribution in [0.1, 0.15) is 37.0 Å². The second kappa shape index (κ2) is 11.2. The highest BCUT2D eigenvalue weighted by molar-refractivity contribution is 5.87. The summed E-state index contributed by atoms with van der Waals surface area (Å²) in [5.74, 6) is 1.07. The Morgan fingerprint density at radius 2 is 1.77 bits per heavy atom. The molecule has 0 spiro atoms. The molecular formula is C24H32N2O4. The third kappa shape index (κ3) is 5.99. The van der Waals surface area contributed by atoms with Crippen molar-refractivity contribution in [1.29, 1.82) is 0 Å². The van der Waals surface area contributed by atoms with Gasteiger partial charge in [0.05, 0.1) is 14.2 Å². The Hall–Kier alpha value is -3.02. The van der Waals surface area contributed by atoms with Crippen LogP contribution < -0.4 is 14.8 Å². The number of benzene rings is 2. The lowest BCUT2D eigenvalue weighted by molar-refractivity contribution is -0.140. The Bertz CT molecular complexity index is 866. The van der Waals surface area contributed by atoms with Crippen LogP contribution in [0.15, 0.2) is 42.5 Å². The molecule has 0 saturated carbocycles. The normalized spacial score (nSPS) is 11.5. The topological polar surface area (TPSA) is 67.9 Å². The van der Waals surface area contributed by atoms with Gasteiger partial charge in [-0.3, -0.25) is 9.59 Å². The van der Waals surface area contributed by atoms with Gasteiger partial charge in [0.2, 0.25) is 11.8 Å². The molecule has 0 radical (unpaired) electrons. The average Bonchev–Trinajstić information content (AvgIpc) is 2.76. The van der Waals surface area contributed by atoms with Crippen molar-refractivity contribution in [3.05, 3.63) is 59.2 Å². The van der Waals surface area contributed by atoms with Crippen LogP contribution in [0.25, 0.3) is 0 Å². The maximum Gasteiger partial charge on any atom is 0.242 e. The van der Waals surface area contributed by atoms with Crippen LogP contribution in [-0.4, -0.2) is 43.5 Å². The van der Waals surface area contributed by atoms with Crippen molar-refractivity contribution < 1.29 is 19.1 Å². The molecule has 0 aliphatic heterocycles. The third-order valence-corrected chi connectivity index (χ3v) is 5.20. The minimum absolute atomic E-state index is 0.0632. The summed E-state index contributed by atoms with van der Waals surface area (Å²) in [6.45, 7) is 6.59. The van der Waals surface area contributed by atoms with Crippen molar-refractivity contribution in [3.63, 3.8) is 0 Å². The highest BCUT2D eigenvalue weighted by atomic mass is 16.5. The highest BCUT2D eigenvalue weighted by Gasteiger charge is 2.26. The zero-order chi connectivity index (χ0) is 22.1. The molecule has 1 unspecified atom stereocenters. The molecular weight excluding hydrogens is 380 g/mol. The van der Waals surface area contributed by atoms with Crippen LogP contribution in [0.4, 0.5) is 0 Å². The van der Waals surface area contributed by atoms with Crippen LogP contribution in [0.5, 0.6) is 11.5 Å². The molecule has 0 bridgehead atoms. The number of nitrogens with one attached hydrogen (secondary N) is 1. The quantitative estimate of drug-likeness (QED) is 0.649. The summed E-state index contributed by atoms with van der Waals surface area (Å²) in [4.78, 5) is 27.3. The number of hydrogen-bond acceptors (Lipinski definition) is 4. The highest BCUT2D eigenvalue weighted by Crippen LogP contribution is 2.28. The largest absolute Gasteiger partial charge is 0.493 e. The fourth-order valence-electron chi connectivity index (χ4n) is 3.31. The molecule has 0 fully saturated rings. The standard InChI is InChI=1S/C24H32N2O4/c1-6-25-24(28)18(3)26(16-20-10-8-7-9-17(20)2)23(27)14-12-19-11-13-21(29-4)22(15-19)30-5/h7-11,13,15,18H,6,12,14,16H2,1-5H3,(H,25,28). The minimum Gasteiger partial charge on any atom is -0.493 e. The predicted octanol–water partition coefficient (Wildman–Crippen LogP) is 3.50. The summed E-state index contributed by atoms with van der Waals surface area (Å²) in [6, 6.07) is 13.0. The second-order valence-electron chi connectivity index (χ2n) is 7.21. The van der Waals surface area contributed by atoms with Gasteiger partial charge < -0.3 is 19.7 Å². The van der Waals surface area contributed by atoms with E-state index in [-0.39, 0.29) is 11.8 Å². The fraction of sp³-hybridized carbons (Fsp3) is 0.417. The number of carbonyl (C=O) groups is 2. The van der Waals surface area contributed by atoms with E-state index in [2.05, 4.69) is 5.32 Å². The zero-order valence-electron chi connectivity index (χ0n) is 18.5. The van der Waals surface area contributed by atoms with E-state index in [9.17, 15) is 9.59 Å². The van der Waals surface area contributed by atoms with E-state index >= 15 is 0 Å². The van der Waals surface area contributed by atoms with E-state index in [1.807, 2.05) is 56.3 Å². The van der Waals surface area contributed by atoms with Gasteiger partial charge in [0, 0.05) is 19.5 Å². The number of amides is 2. The zero-order valence-corrected chi connectivity index (χ0v) is 18.5. The molecule has 30 heavy (non-hydrogen) atoms. The molecule has 0 saturated heterocycles. The maximum atomic E-state index is 13.1. The molecule has 2 amide bonds. The second-order valence-corrected chi connectivity index (χ2v) is 7.21. The van der Waals surface area contributed by atoms with E-state index in [1.54, 1.807) is 26.0 Å². The third-order valence-electron chi connectivity index (χ3n) is 5.20. The molecule has 0 aliphatic carbocycles. The lowest BCUT2D eigenvalue weighted by Gasteiger charge is -2.29. The van der Waals surface area contributed by atoms with Gasteiger partial charge in [0.25, 0.3) is 0 Å². The van der Waals surface area contributed by atoms with Crippen LogP contribution in [-0.2, 0) is 22.6 Å². The first kappa shape index (κ1) is 23.3. The fourth-order valence-corrected chi connectivity index (χ4v) is 3.31. The predicted molar refractivity (Wildman–Crippen MR) is 118 cm³/mol. The Labute approximate surface area is 179 Å². The molecule has 0 heterocycles. The van der Waals surface area contributed by atoms with Crippen LogP contribution in [0, 0.1) is 6.92 Å². The summed E-state index contributed by atoms with van der Waals surface area (Å²) in [5.41, 5.74) is 3.11. The molecule has 6 heteroatoms. The summed E-state index contributed by atoms with van der Waals surface area (Å²) < 4.78 is 10.6. The van der Waals surface area contributed by atoms with Gasteiger partial charge >= 0.3 is 0 Å². The Morgan fingerprint density at radius 1 is 1.07 bits per heavy atom. The number of aryl methyl sites for hydroxylation is 2. The van der Waals surface area contributed by atoms with Gasteiger partial charge in [-0.25, -0.2) is 0 Å². The van der Waals surface area contributed by atoms with Crippen molar-refractivity contribution in [2.75, 3.05) is 20.8 Å². The number of ether oxygens (including phenoxy) is 2. The molecule has 2 aromatic carbocycles. The number of nitrogens with zero attached hydrogens (tertiary/aromatic N) is 1. The minimum atomic E-state index is -0.553. The molecule has 0 aromatic heterocycles. The smallest absolute Gasteiger partial charge is 0.242 e. The Kier molecular flexibility index (Phi) is 8.71. The molecule has 1 N–H and O–H groups in total. The first-order valence-corrected chi connectivity index (χ1v) is 10.2. The molecule has 2 rings (SSSR count). The van der Waals surface area contributed by atoms with Gasteiger partial charge in [0.1, 0.15) is 6.04 Å². The molecule has 0 aliphatic rings. The number of carbonyl (C=O) groups excluding carboxylic acids is 2. The van der Waals surface area contributed by atoms with Crippen molar-refractivity contribution in [2.45, 2.75) is 46.2 Å². The molecule has 2 aromatic rings. The monoisotopic (exact) mass is 412 g/mol. The molecule has 6 nitrogen and oxygen atoms in total. The van der Waals surface area contributed by atoms with Crippen molar-refractivity contribution in [2.24, 2.45) is 0 Å². The Balaban J connectivity index is 2.17. The van der Waals surface area contributed by atoms with Gasteiger partial charge in [-0.1, -0.05) is 30.3 Å². The van der Waals surface area contributed by atoms with Crippen molar-refractivity contribution in [1.82, 2.24) is 10.2 Å². The first-order chi connectivity index (χ1) is 14.4. The summed E-state index contributed by atoms with van der Waals surface area (Å²) >= 11 is 0. The van der Waals surface area contributed by atoms with E-state index < -0.39 is 6.04 Å². The summed E-state index contributed by atoms with van der Waals surface area (Å²) in [6.07, 6.45) is 0.844. The van der Waals surface area contributed by atoms with E-state index in [0.29, 0.717) is 37.4 Å². The number of rotatable bonds is 10. The van der Waals surface area contributed by atoms with Crippen LogP contribution in [0.3, 0.4) is 0 Å². The van der Waals surface area contributed by atoms with Crippen LogP contribution >= 0.6 is 0 Å². The average molecular weight is 413 g/mol. The number of methoxy groups -OCH3 is 2. The van der Waals surface area contributed by atoms with Crippen molar-refractivity contribution >= 4 is 11.8 Å². The SMILES string of the molecule is CCNC(=O)C(C)N(Cc1ccccc1C)C(=O)CCc1ccc(OC)c(OC)c1. The Morgan fingerprint density at radius 3 is 2.40 bits per heavy atom. The van der Waals surface area contributed by atoms with Crippen LogP contribution in [0.2, 0.25) is 0 Å².